The maximum Gasteiger partial charge on any atom is 0.159 e. The lowest BCUT2D eigenvalue weighted by atomic mass is 10.2. The number of rotatable bonds is 5. The smallest absolute Gasteiger partial charge is 0.159 e. The van der Waals surface area contributed by atoms with Gasteiger partial charge in [-0.05, 0) is 13.8 Å². The lowest BCUT2D eigenvalue weighted by molar-refractivity contribution is 0.392. The molecule has 0 spiro atoms. The summed E-state index contributed by atoms with van der Waals surface area (Å²) in [7, 11) is 0. The molecule has 0 aliphatic heterocycles. The van der Waals surface area contributed by atoms with E-state index in [2.05, 4.69) is 20.4 Å². The number of nitrogens with zero attached hydrogens (tertiary/aromatic N) is 3. The van der Waals surface area contributed by atoms with E-state index in [4.69, 9.17) is 4.52 Å². The Hall–Kier alpha value is -2.53. The van der Waals surface area contributed by atoms with E-state index in [1.165, 1.54) is 0 Å². The molecule has 1 aromatic carbocycles. The Bertz CT molecular complexity index is 716. The normalized spacial score (nSPS) is 10.8. The molecule has 112 valence electrons. The van der Waals surface area contributed by atoms with Crippen LogP contribution in [0.1, 0.15) is 22.6 Å². The van der Waals surface area contributed by atoms with Crippen molar-refractivity contribution in [3.05, 3.63) is 65.3 Å². The fourth-order valence-corrected chi connectivity index (χ4v) is 2.27. The second kappa shape index (κ2) is 6.49. The van der Waals surface area contributed by atoms with Crippen molar-refractivity contribution < 1.29 is 4.52 Å². The van der Waals surface area contributed by atoms with E-state index >= 15 is 0 Å². The zero-order valence-electron chi connectivity index (χ0n) is 12.7. The molecular weight excluding hydrogens is 276 g/mol. The lowest BCUT2D eigenvalue weighted by Gasteiger charge is -2.05. The first-order valence-corrected chi connectivity index (χ1v) is 7.23. The minimum absolute atomic E-state index is 0.707. The van der Waals surface area contributed by atoms with E-state index in [-0.39, 0.29) is 0 Å². The molecule has 0 bridgehead atoms. The summed E-state index contributed by atoms with van der Waals surface area (Å²) < 4.78 is 5.15. The second-order valence-electron chi connectivity index (χ2n) is 5.19. The molecule has 0 atom stereocenters. The largest absolute Gasteiger partial charge is 0.361 e. The topological polar surface area (TPSA) is 63.8 Å². The molecule has 0 fully saturated rings. The molecule has 0 amide bonds. The Morgan fingerprint density at radius 2 is 1.73 bits per heavy atom. The number of aryl methyl sites for hydroxylation is 2. The van der Waals surface area contributed by atoms with Gasteiger partial charge in [-0.25, -0.2) is 9.97 Å². The van der Waals surface area contributed by atoms with E-state index in [0.29, 0.717) is 6.54 Å². The van der Waals surface area contributed by atoms with Crippen molar-refractivity contribution in [3.8, 4) is 11.4 Å². The zero-order valence-corrected chi connectivity index (χ0v) is 12.7. The molecule has 0 saturated carbocycles. The molecule has 3 aromatic rings. The van der Waals surface area contributed by atoms with Crippen LogP contribution in [0.4, 0.5) is 0 Å². The van der Waals surface area contributed by atoms with E-state index < -0.39 is 0 Å². The average molecular weight is 294 g/mol. The number of aromatic nitrogens is 3. The van der Waals surface area contributed by atoms with Crippen LogP contribution in [0.3, 0.4) is 0 Å². The highest BCUT2D eigenvalue weighted by Gasteiger charge is 2.08. The van der Waals surface area contributed by atoms with Gasteiger partial charge in [0.2, 0.25) is 0 Å². The van der Waals surface area contributed by atoms with E-state index in [1.807, 2.05) is 56.6 Å². The van der Waals surface area contributed by atoms with E-state index in [0.717, 1.165) is 40.5 Å². The fourth-order valence-electron chi connectivity index (χ4n) is 2.27. The minimum Gasteiger partial charge on any atom is -0.361 e. The standard InChI is InChI=1S/C17H18N4O/c1-12-16(13(2)22-21-12)11-18-8-14-9-19-17(20-10-14)15-6-4-3-5-7-15/h3-7,9-10,18H,8,11H2,1-2H3. The van der Waals surface area contributed by atoms with Gasteiger partial charge in [0.25, 0.3) is 0 Å². The Morgan fingerprint density at radius 3 is 2.36 bits per heavy atom. The number of hydrogen-bond donors (Lipinski definition) is 1. The Kier molecular flexibility index (Phi) is 4.25. The molecule has 3 rings (SSSR count). The van der Waals surface area contributed by atoms with Gasteiger partial charge in [-0.15, -0.1) is 0 Å². The zero-order chi connectivity index (χ0) is 15.4. The van der Waals surface area contributed by atoms with Crippen LogP contribution in [0.15, 0.2) is 47.2 Å². The third-order valence-electron chi connectivity index (χ3n) is 3.55. The van der Waals surface area contributed by atoms with E-state index in [1.54, 1.807) is 0 Å². The summed E-state index contributed by atoms with van der Waals surface area (Å²) in [6.07, 6.45) is 3.71. The monoisotopic (exact) mass is 294 g/mol. The van der Waals surface area contributed by atoms with Crippen LogP contribution < -0.4 is 5.32 Å². The summed E-state index contributed by atoms with van der Waals surface area (Å²) in [5.41, 5.74) is 4.12. The Labute approximate surface area is 129 Å². The number of nitrogens with one attached hydrogen (secondary N) is 1. The van der Waals surface area contributed by atoms with Gasteiger partial charge in [-0.2, -0.15) is 0 Å². The maximum absolute atomic E-state index is 5.15. The van der Waals surface area contributed by atoms with Crippen molar-refractivity contribution in [1.82, 2.24) is 20.4 Å². The highest BCUT2D eigenvalue weighted by atomic mass is 16.5. The van der Waals surface area contributed by atoms with Gasteiger partial charge < -0.3 is 9.84 Å². The van der Waals surface area contributed by atoms with Crippen LogP contribution in [-0.2, 0) is 13.1 Å². The van der Waals surface area contributed by atoms with Gasteiger partial charge in [0.1, 0.15) is 5.76 Å². The maximum atomic E-state index is 5.15. The van der Waals surface area contributed by atoms with Crippen LogP contribution in [-0.4, -0.2) is 15.1 Å². The second-order valence-corrected chi connectivity index (χ2v) is 5.19. The predicted molar refractivity (Wildman–Crippen MR) is 84.0 cm³/mol. The summed E-state index contributed by atoms with van der Waals surface area (Å²) in [6, 6.07) is 9.96. The van der Waals surface area contributed by atoms with Crippen LogP contribution >= 0.6 is 0 Å². The highest BCUT2D eigenvalue weighted by molar-refractivity contribution is 5.53. The molecule has 22 heavy (non-hydrogen) atoms. The quantitative estimate of drug-likeness (QED) is 0.783. The van der Waals surface area contributed by atoms with Crippen molar-refractivity contribution in [1.29, 1.82) is 0 Å². The Morgan fingerprint density at radius 1 is 1.00 bits per heavy atom. The van der Waals surface area contributed by atoms with Gasteiger partial charge in [0, 0.05) is 42.2 Å². The minimum atomic E-state index is 0.707. The van der Waals surface area contributed by atoms with Crippen molar-refractivity contribution >= 4 is 0 Å². The van der Waals surface area contributed by atoms with E-state index in [9.17, 15) is 0 Å². The third kappa shape index (κ3) is 3.20. The molecule has 2 heterocycles. The highest BCUT2D eigenvalue weighted by Crippen LogP contribution is 2.14. The summed E-state index contributed by atoms with van der Waals surface area (Å²) in [4.78, 5) is 8.84. The molecule has 0 saturated heterocycles. The molecule has 2 aromatic heterocycles. The van der Waals surface area contributed by atoms with Gasteiger partial charge in [0.05, 0.1) is 5.69 Å². The molecule has 5 heteroatoms. The predicted octanol–water partition coefficient (Wildman–Crippen LogP) is 3.04. The average Bonchev–Trinajstić information content (AvgIpc) is 2.88. The van der Waals surface area contributed by atoms with Gasteiger partial charge in [-0.1, -0.05) is 35.5 Å². The van der Waals surface area contributed by atoms with Gasteiger partial charge in [-0.3, -0.25) is 0 Å². The van der Waals surface area contributed by atoms with Crippen LogP contribution in [0.5, 0.6) is 0 Å². The number of hydrogen-bond acceptors (Lipinski definition) is 5. The molecule has 0 aliphatic carbocycles. The summed E-state index contributed by atoms with van der Waals surface area (Å²) >= 11 is 0. The van der Waals surface area contributed by atoms with Crippen LogP contribution in [0, 0.1) is 13.8 Å². The van der Waals surface area contributed by atoms with Gasteiger partial charge in [0.15, 0.2) is 5.82 Å². The van der Waals surface area contributed by atoms with Crippen LogP contribution in [0.2, 0.25) is 0 Å². The molecule has 5 nitrogen and oxygen atoms in total. The fraction of sp³-hybridized carbons (Fsp3) is 0.235. The summed E-state index contributed by atoms with van der Waals surface area (Å²) in [5.74, 6) is 1.61. The first-order chi connectivity index (χ1) is 10.7. The first-order valence-electron chi connectivity index (χ1n) is 7.23. The summed E-state index contributed by atoms with van der Waals surface area (Å²) in [6.45, 7) is 5.31. The Balaban J connectivity index is 1.60. The molecular formula is C17H18N4O. The molecule has 0 radical (unpaired) electrons. The summed E-state index contributed by atoms with van der Waals surface area (Å²) in [5, 5.41) is 7.31. The van der Waals surface area contributed by atoms with Crippen molar-refractivity contribution in [2.24, 2.45) is 0 Å². The van der Waals surface area contributed by atoms with Crippen molar-refractivity contribution in [2.75, 3.05) is 0 Å². The first kappa shape index (κ1) is 14.4. The SMILES string of the molecule is Cc1noc(C)c1CNCc1cnc(-c2ccccc2)nc1. The van der Waals surface area contributed by atoms with Crippen molar-refractivity contribution in [3.63, 3.8) is 0 Å². The number of benzene rings is 1. The molecule has 0 aliphatic rings. The third-order valence-corrected chi connectivity index (χ3v) is 3.55. The molecule has 0 unspecified atom stereocenters. The molecule has 1 N–H and O–H groups in total. The van der Waals surface area contributed by atoms with Crippen molar-refractivity contribution in [2.45, 2.75) is 26.9 Å². The lowest BCUT2D eigenvalue weighted by Crippen LogP contribution is -2.14. The van der Waals surface area contributed by atoms with Gasteiger partial charge >= 0.3 is 0 Å². The van der Waals surface area contributed by atoms with Crippen LogP contribution in [0.25, 0.3) is 11.4 Å².